The van der Waals surface area contributed by atoms with Gasteiger partial charge in [0.2, 0.25) is 0 Å². The SMILES string of the molecule is Cc1ccc([S@@](=O)N(Cc2ccccc2)P(c2ccccc2)c2ccccc2)cc1. The Kier molecular flexibility index (Phi) is 6.86. The van der Waals surface area contributed by atoms with Crippen LogP contribution in [0.1, 0.15) is 11.1 Å². The third kappa shape index (κ3) is 4.94. The molecule has 0 radical (unpaired) electrons. The number of hydrogen-bond donors (Lipinski definition) is 0. The molecule has 0 saturated heterocycles. The number of rotatable bonds is 7. The fraction of sp³-hybridized carbons (Fsp3) is 0.0769. The lowest BCUT2D eigenvalue weighted by Crippen LogP contribution is -2.30. The molecule has 0 aliphatic heterocycles. The van der Waals surface area contributed by atoms with E-state index in [2.05, 4.69) is 71.7 Å². The van der Waals surface area contributed by atoms with Crippen molar-refractivity contribution in [2.75, 3.05) is 0 Å². The summed E-state index contributed by atoms with van der Waals surface area (Å²) >= 11 is 0. The van der Waals surface area contributed by atoms with E-state index in [0.29, 0.717) is 6.54 Å². The Morgan fingerprint density at radius 2 is 1.13 bits per heavy atom. The van der Waals surface area contributed by atoms with Crippen LogP contribution in [0, 0.1) is 6.92 Å². The van der Waals surface area contributed by atoms with Crippen molar-refractivity contribution in [3.05, 3.63) is 126 Å². The van der Waals surface area contributed by atoms with Crippen LogP contribution in [-0.2, 0) is 17.5 Å². The van der Waals surface area contributed by atoms with Gasteiger partial charge in [-0.15, -0.1) is 0 Å². The molecule has 150 valence electrons. The van der Waals surface area contributed by atoms with Gasteiger partial charge >= 0.3 is 0 Å². The molecule has 0 aromatic heterocycles. The van der Waals surface area contributed by atoms with Gasteiger partial charge in [-0.3, -0.25) is 0 Å². The van der Waals surface area contributed by atoms with Gasteiger partial charge in [-0.25, -0.2) is 4.21 Å². The molecule has 0 aliphatic rings. The zero-order chi connectivity index (χ0) is 20.8. The largest absolute Gasteiger partial charge is 0.237 e. The lowest BCUT2D eigenvalue weighted by atomic mass is 10.2. The molecule has 2 nitrogen and oxygen atoms in total. The Hall–Kier alpha value is -2.58. The molecular weight excluding hydrogens is 405 g/mol. The predicted molar refractivity (Wildman–Crippen MR) is 129 cm³/mol. The van der Waals surface area contributed by atoms with Gasteiger partial charge in [-0.2, -0.15) is 4.08 Å². The van der Waals surface area contributed by atoms with Gasteiger partial charge in [0.15, 0.2) is 0 Å². The second-order valence-corrected chi connectivity index (χ2v) is 10.9. The minimum absolute atomic E-state index is 0.608. The van der Waals surface area contributed by atoms with Crippen molar-refractivity contribution in [2.24, 2.45) is 0 Å². The second kappa shape index (κ2) is 9.95. The standard InChI is InChI=1S/C26H24NOPS/c1-22-17-19-26(20-18-22)30(28)27(21-23-11-5-2-6-12-23)29(24-13-7-3-8-14-24)25-15-9-4-10-16-25/h2-20H,21H2,1H3/t30-/m1/s1. The monoisotopic (exact) mass is 429 g/mol. The molecule has 0 spiro atoms. The van der Waals surface area contributed by atoms with Crippen LogP contribution in [0.15, 0.2) is 120 Å². The number of nitrogens with zero attached hydrogens (tertiary/aromatic N) is 1. The maximum atomic E-state index is 13.9. The average molecular weight is 430 g/mol. The van der Waals surface area contributed by atoms with Crippen LogP contribution < -0.4 is 10.6 Å². The molecule has 0 saturated carbocycles. The minimum atomic E-state index is -1.30. The molecule has 4 aromatic rings. The number of aryl methyl sites for hydroxylation is 1. The summed E-state index contributed by atoms with van der Waals surface area (Å²) in [6.07, 6.45) is 0. The summed E-state index contributed by atoms with van der Waals surface area (Å²) in [5, 5.41) is 2.38. The molecule has 30 heavy (non-hydrogen) atoms. The maximum absolute atomic E-state index is 13.9. The van der Waals surface area contributed by atoms with Crippen LogP contribution in [0.2, 0.25) is 0 Å². The first kappa shape index (κ1) is 20.7. The van der Waals surface area contributed by atoms with Crippen LogP contribution in [0.4, 0.5) is 0 Å². The summed E-state index contributed by atoms with van der Waals surface area (Å²) in [6, 6.07) is 39.2. The van der Waals surface area contributed by atoms with Crippen molar-refractivity contribution in [1.82, 2.24) is 4.08 Å². The summed E-state index contributed by atoms with van der Waals surface area (Å²) < 4.78 is 16.1. The highest BCUT2D eigenvalue weighted by molar-refractivity contribution is 7.92. The van der Waals surface area contributed by atoms with Crippen LogP contribution in [0.25, 0.3) is 0 Å². The van der Waals surface area contributed by atoms with E-state index < -0.39 is 19.1 Å². The smallest absolute Gasteiger partial charge is 0.132 e. The fourth-order valence-corrected chi connectivity index (χ4v) is 7.61. The zero-order valence-electron chi connectivity index (χ0n) is 16.9. The van der Waals surface area contributed by atoms with Gasteiger partial charge < -0.3 is 0 Å². The van der Waals surface area contributed by atoms with Crippen LogP contribution >= 0.6 is 8.07 Å². The Labute approximate surface area is 182 Å². The van der Waals surface area contributed by atoms with Crippen molar-refractivity contribution in [3.8, 4) is 0 Å². The van der Waals surface area contributed by atoms with Gasteiger partial charge in [0.25, 0.3) is 0 Å². The number of benzene rings is 4. The molecule has 0 unspecified atom stereocenters. The molecule has 0 amide bonds. The quantitative estimate of drug-likeness (QED) is 0.352. The predicted octanol–water partition coefficient (Wildman–Crippen LogP) is 5.57. The molecule has 0 heterocycles. The maximum Gasteiger partial charge on any atom is 0.132 e. The lowest BCUT2D eigenvalue weighted by Gasteiger charge is -2.31. The van der Waals surface area contributed by atoms with Gasteiger partial charge in [-0.1, -0.05) is 109 Å². The second-order valence-electron chi connectivity index (χ2n) is 7.04. The van der Waals surface area contributed by atoms with E-state index in [-0.39, 0.29) is 0 Å². The summed E-state index contributed by atoms with van der Waals surface area (Å²) in [6.45, 7) is 2.66. The molecule has 0 bridgehead atoms. The van der Waals surface area contributed by atoms with E-state index >= 15 is 0 Å². The van der Waals surface area contributed by atoms with Gasteiger partial charge in [-0.05, 0) is 35.2 Å². The highest BCUT2D eigenvalue weighted by Crippen LogP contribution is 2.42. The molecule has 0 aliphatic carbocycles. The highest BCUT2D eigenvalue weighted by atomic mass is 32.2. The molecule has 0 fully saturated rings. The van der Waals surface area contributed by atoms with Crippen molar-refractivity contribution in [2.45, 2.75) is 18.4 Å². The Balaban J connectivity index is 1.82. The van der Waals surface area contributed by atoms with E-state index in [1.807, 2.05) is 54.6 Å². The van der Waals surface area contributed by atoms with Crippen molar-refractivity contribution >= 4 is 29.7 Å². The molecule has 0 N–H and O–H groups in total. The molecule has 4 heteroatoms. The summed E-state index contributed by atoms with van der Waals surface area (Å²) in [5.41, 5.74) is 2.32. The third-order valence-electron chi connectivity index (χ3n) is 4.80. The van der Waals surface area contributed by atoms with E-state index in [9.17, 15) is 4.21 Å². The summed E-state index contributed by atoms with van der Waals surface area (Å²) in [5.74, 6) is 0. The first-order valence-corrected chi connectivity index (χ1v) is 12.3. The van der Waals surface area contributed by atoms with Gasteiger partial charge in [0, 0.05) is 14.6 Å². The normalized spacial score (nSPS) is 12.2. The van der Waals surface area contributed by atoms with Crippen LogP contribution in [0.5, 0.6) is 0 Å². The zero-order valence-corrected chi connectivity index (χ0v) is 18.6. The van der Waals surface area contributed by atoms with Gasteiger partial charge in [0.1, 0.15) is 11.0 Å². The molecular formula is C26H24NOPS. The fourth-order valence-electron chi connectivity index (χ4n) is 3.26. The van der Waals surface area contributed by atoms with Crippen molar-refractivity contribution < 1.29 is 4.21 Å². The van der Waals surface area contributed by atoms with E-state index in [0.717, 1.165) is 10.5 Å². The molecule has 4 rings (SSSR count). The van der Waals surface area contributed by atoms with Crippen molar-refractivity contribution in [1.29, 1.82) is 0 Å². The van der Waals surface area contributed by atoms with E-state index in [1.54, 1.807) is 0 Å². The van der Waals surface area contributed by atoms with Crippen LogP contribution in [-0.4, -0.2) is 8.28 Å². The molecule has 1 atom stereocenters. The molecule has 4 aromatic carbocycles. The van der Waals surface area contributed by atoms with E-state index in [1.165, 1.54) is 16.2 Å². The van der Waals surface area contributed by atoms with E-state index in [4.69, 9.17) is 0 Å². The Bertz CT molecular complexity index is 1050. The third-order valence-corrected chi connectivity index (χ3v) is 9.08. The van der Waals surface area contributed by atoms with Crippen LogP contribution in [0.3, 0.4) is 0 Å². The summed E-state index contributed by atoms with van der Waals surface area (Å²) in [7, 11) is -2.27. The first-order valence-electron chi connectivity index (χ1n) is 9.92. The number of hydrogen-bond acceptors (Lipinski definition) is 1. The summed E-state index contributed by atoms with van der Waals surface area (Å²) in [4.78, 5) is 0.830. The average Bonchev–Trinajstić information content (AvgIpc) is 2.81. The van der Waals surface area contributed by atoms with Crippen molar-refractivity contribution in [3.63, 3.8) is 0 Å². The highest BCUT2D eigenvalue weighted by Gasteiger charge is 2.28. The first-order chi connectivity index (χ1) is 14.7. The Morgan fingerprint density at radius 3 is 1.63 bits per heavy atom. The minimum Gasteiger partial charge on any atom is -0.237 e. The lowest BCUT2D eigenvalue weighted by molar-refractivity contribution is 0.621. The topological polar surface area (TPSA) is 20.3 Å². The Morgan fingerprint density at radius 1 is 0.667 bits per heavy atom. The van der Waals surface area contributed by atoms with Gasteiger partial charge in [0.05, 0.1) is 4.90 Å².